The molecule has 0 amide bonds. The summed E-state index contributed by atoms with van der Waals surface area (Å²) in [6.45, 7) is 3.97. The van der Waals surface area contributed by atoms with Crippen molar-refractivity contribution in [2.45, 2.75) is 39.2 Å². The minimum atomic E-state index is -0.360. The van der Waals surface area contributed by atoms with E-state index in [4.69, 9.17) is 14.6 Å². The molecular formula is C14H22O5. The minimum Gasteiger partial charge on any atom is -0.463 e. The maximum absolute atomic E-state index is 11.5. The molecule has 0 unspecified atom stereocenters. The molecule has 108 valence electrons. The third kappa shape index (κ3) is 5.42. The molecule has 1 rings (SSSR count). The number of carbonyl (C=O) groups excluding carboxylic acids is 2. The van der Waals surface area contributed by atoms with Gasteiger partial charge in [0.25, 0.3) is 0 Å². The number of aliphatic hydroxyl groups is 1. The number of hydrogen-bond donors (Lipinski definition) is 1. The fourth-order valence-electron chi connectivity index (χ4n) is 2.11. The Bertz CT molecular complexity index is 337. The topological polar surface area (TPSA) is 72.8 Å². The Morgan fingerprint density at radius 1 is 1.63 bits per heavy atom. The van der Waals surface area contributed by atoms with Crippen LogP contribution in [0.15, 0.2) is 12.2 Å². The highest BCUT2D eigenvalue weighted by molar-refractivity contribution is 5.81. The van der Waals surface area contributed by atoms with Gasteiger partial charge in [-0.1, -0.05) is 13.0 Å². The van der Waals surface area contributed by atoms with E-state index in [0.29, 0.717) is 19.4 Å². The molecule has 1 aliphatic rings. The van der Waals surface area contributed by atoms with Gasteiger partial charge < -0.3 is 14.6 Å². The first-order valence-corrected chi connectivity index (χ1v) is 6.70. The number of ether oxygens (including phenoxy) is 2. The molecule has 0 bridgehead atoms. The predicted molar refractivity (Wildman–Crippen MR) is 69.2 cm³/mol. The largest absolute Gasteiger partial charge is 0.463 e. The molecule has 0 spiro atoms. The van der Waals surface area contributed by atoms with E-state index in [0.717, 1.165) is 6.42 Å². The van der Waals surface area contributed by atoms with Crippen LogP contribution in [-0.2, 0) is 19.1 Å². The number of carbonyl (C=O) groups is 2. The SMILES string of the molecule is CCOC(=O)/C=C/C[C@H]1CC(=O)O[C@@H]([C@H](C)CO)C1. The zero-order valence-electron chi connectivity index (χ0n) is 11.5. The Kier molecular flexibility index (Phi) is 6.56. The summed E-state index contributed by atoms with van der Waals surface area (Å²) < 4.78 is 10.00. The van der Waals surface area contributed by atoms with E-state index in [2.05, 4.69) is 0 Å². The number of hydrogen-bond acceptors (Lipinski definition) is 5. The van der Waals surface area contributed by atoms with Crippen LogP contribution in [0, 0.1) is 11.8 Å². The van der Waals surface area contributed by atoms with Crippen LogP contribution in [-0.4, -0.2) is 36.4 Å². The first-order valence-electron chi connectivity index (χ1n) is 6.70. The van der Waals surface area contributed by atoms with Gasteiger partial charge in [0.15, 0.2) is 0 Å². The molecule has 1 saturated heterocycles. The van der Waals surface area contributed by atoms with E-state index >= 15 is 0 Å². The highest BCUT2D eigenvalue weighted by Crippen LogP contribution is 2.28. The molecule has 0 aromatic heterocycles. The summed E-state index contributed by atoms with van der Waals surface area (Å²) in [5, 5.41) is 9.10. The fraction of sp³-hybridized carbons (Fsp3) is 0.714. The number of aliphatic hydroxyl groups excluding tert-OH is 1. The van der Waals surface area contributed by atoms with E-state index in [9.17, 15) is 9.59 Å². The van der Waals surface area contributed by atoms with Crippen molar-refractivity contribution in [2.24, 2.45) is 11.8 Å². The minimum absolute atomic E-state index is 0.00331. The van der Waals surface area contributed by atoms with E-state index in [1.807, 2.05) is 6.92 Å². The van der Waals surface area contributed by atoms with Crippen LogP contribution in [0.4, 0.5) is 0 Å². The van der Waals surface area contributed by atoms with Gasteiger partial charge in [0.2, 0.25) is 0 Å². The lowest BCUT2D eigenvalue weighted by Gasteiger charge is -2.31. The number of cyclic esters (lactones) is 1. The smallest absolute Gasteiger partial charge is 0.330 e. The molecule has 5 heteroatoms. The first kappa shape index (κ1) is 15.7. The lowest BCUT2D eigenvalue weighted by atomic mass is 9.87. The molecule has 0 aromatic carbocycles. The van der Waals surface area contributed by atoms with Crippen molar-refractivity contribution in [1.82, 2.24) is 0 Å². The van der Waals surface area contributed by atoms with E-state index in [-0.39, 0.29) is 36.5 Å². The molecule has 0 saturated carbocycles. The van der Waals surface area contributed by atoms with Crippen LogP contribution in [0.5, 0.6) is 0 Å². The summed E-state index contributed by atoms with van der Waals surface area (Å²) in [4.78, 5) is 22.6. The normalized spacial score (nSPS) is 25.1. The Labute approximate surface area is 113 Å². The summed E-state index contributed by atoms with van der Waals surface area (Å²) >= 11 is 0. The number of esters is 2. The summed E-state index contributed by atoms with van der Waals surface area (Å²) in [5.41, 5.74) is 0. The van der Waals surface area contributed by atoms with E-state index in [1.54, 1.807) is 13.0 Å². The maximum Gasteiger partial charge on any atom is 0.330 e. The third-order valence-corrected chi connectivity index (χ3v) is 3.24. The van der Waals surface area contributed by atoms with Gasteiger partial charge in [-0.05, 0) is 25.7 Å². The zero-order chi connectivity index (χ0) is 14.3. The van der Waals surface area contributed by atoms with Crippen molar-refractivity contribution in [2.75, 3.05) is 13.2 Å². The average molecular weight is 270 g/mol. The third-order valence-electron chi connectivity index (χ3n) is 3.24. The summed E-state index contributed by atoms with van der Waals surface area (Å²) in [6.07, 6.45) is 4.63. The summed E-state index contributed by atoms with van der Waals surface area (Å²) in [5.74, 6) is -0.487. The molecule has 0 aliphatic carbocycles. The first-order chi connectivity index (χ1) is 9.06. The van der Waals surface area contributed by atoms with E-state index < -0.39 is 0 Å². The van der Waals surface area contributed by atoms with Crippen LogP contribution in [0.25, 0.3) is 0 Å². The number of allylic oxidation sites excluding steroid dienone is 1. The Morgan fingerprint density at radius 2 is 2.37 bits per heavy atom. The molecular weight excluding hydrogens is 248 g/mol. The van der Waals surface area contributed by atoms with Crippen molar-refractivity contribution >= 4 is 11.9 Å². The molecule has 19 heavy (non-hydrogen) atoms. The van der Waals surface area contributed by atoms with Gasteiger partial charge in [-0.25, -0.2) is 4.79 Å². The molecule has 1 N–H and O–H groups in total. The van der Waals surface area contributed by atoms with Gasteiger partial charge in [0.1, 0.15) is 6.10 Å². The van der Waals surface area contributed by atoms with Gasteiger partial charge in [0, 0.05) is 25.0 Å². The van der Waals surface area contributed by atoms with Crippen LogP contribution in [0.1, 0.15) is 33.1 Å². The fourth-order valence-corrected chi connectivity index (χ4v) is 2.11. The summed E-state index contributed by atoms with van der Waals surface area (Å²) in [7, 11) is 0. The van der Waals surface area contributed by atoms with Crippen molar-refractivity contribution < 1.29 is 24.2 Å². The van der Waals surface area contributed by atoms with Crippen molar-refractivity contribution in [3.05, 3.63) is 12.2 Å². The standard InChI is InChI=1S/C14H22O5/c1-3-18-13(16)6-4-5-11-7-12(10(2)9-15)19-14(17)8-11/h4,6,10-12,15H,3,5,7-9H2,1-2H3/b6-4+/t10-,11-,12-/m1/s1. The maximum atomic E-state index is 11.5. The highest BCUT2D eigenvalue weighted by atomic mass is 16.5. The Balaban J connectivity index is 2.45. The van der Waals surface area contributed by atoms with Crippen molar-refractivity contribution in [3.8, 4) is 0 Å². The Morgan fingerprint density at radius 3 is 3.00 bits per heavy atom. The van der Waals surface area contributed by atoms with Crippen LogP contribution >= 0.6 is 0 Å². The second-order valence-corrected chi connectivity index (χ2v) is 4.88. The average Bonchev–Trinajstić information content (AvgIpc) is 2.37. The molecule has 1 heterocycles. The lowest BCUT2D eigenvalue weighted by Crippen LogP contribution is -2.35. The lowest BCUT2D eigenvalue weighted by molar-refractivity contribution is -0.161. The predicted octanol–water partition coefficient (Wildman–Crippen LogP) is 1.45. The van der Waals surface area contributed by atoms with Gasteiger partial charge >= 0.3 is 11.9 Å². The van der Waals surface area contributed by atoms with Crippen molar-refractivity contribution in [1.29, 1.82) is 0 Å². The second kappa shape index (κ2) is 7.94. The van der Waals surface area contributed by atoms with Crippen LogP contribution in [0.2, 0.25) is 0 Å². The molecule has 3 atom stereocenters. The number of rotatable bonds is 6. The molecule has 5 nitrogen and oxygen atoms in total. The highest BCUT2D eigenvalue weighted by Gasteiger charge is 2.31. The van der Waals surface area contributed by atoms with Gasteiger partial charge in [-0.2, -0.15) is 0 Å². The second-order valence-electron chi connectivity index (χ2n) is 4.88. The van der Waals surface area contributed by atoms with Crippen LogP contribution < -0.4 is 0 Å². The molecule has 1 aliphatic heterocycles. The van der Waals surface area contributed by atoms with E-state index in [1.165, 1.54) is 6.08 Å². The molecule has 0 aromatic rings. The molecule has 1 fully saturated rings. The van der Waals surface area contributed by atoms with Crippen molar-refractivity contribution in [3.63, 3.8) is 0 Å². The zero-order valence-corrected chi connectivity index (χ0v) is 11.5. The summed E-state index contributed by atoms with van der Waals surface area (Å²) in [6, 6.07) is 0. The van der Waals surface area contributed by atoms with Gasteiger partial charge in [-0.15, -0.1) is 0 Å². The quantitative estimate of drug-likeness (QED) is 0.584. The molecule has 0 radical (unpaired) electrons. The Hall–Kier alpha value is -1.36. The van der Waals surface area contributed by atoms with Gasteiger partial charge in [-0.3, -0.25) is 4.79 Å². The van der Waals surface area contributed by atoms with Gasteiger partial charge in [0.05, 0.1) is 6.61 Å². The monoisotopic (exact) mass is 270 g/mol. The van der Waals surface area contributed by atoms with Crippen LogP contribution in [0.3, 0.4) is 0 Å².